The molecule has 76 valence electrons. The van der Waals surface area contributed by atoms with Gasteiger partial charge < -0.3 is 9.84 Å². The van der Waals surface area contributed by atoms with Gasteiger partial charge in [-0.25, -0.2) is 4.79 Å². The smallest absolute Gasteiger partial charge is 0.339 e. The molecule has 0 unspecified atom stereocenters. The van der Waals surface area contributed by atoms with Crippen molar-refractivity contribution in [1.29, 1.82) is 0 Å². The second-order valence-corrected chi connectivity index (χ2v) is 3.53. The molecule has 14 heavy (non-hydrogen) atoms. The molecule has 0 fully saturated rings. The number of ether oxygens (including phenoxy) is 1. The van der Waals surface area contributed by atoms with Crippen molar-refractivity contribution in [3.63, 3.8) is 0 Å². The molecule has 0 aromatic rings. The van der Waals surface area contributed by atoms with Gasteiger partial charge in [0.25, 0.3) is 0 Å². The minimum Gasteiger partial charge on any atom is -0.496 e. The van der Waals surface area contributed by atoms with Gasteiger partial charge in [-0.15, -0.1) is 0 Å². The Hall–Kier alpha value is -1.56. The van der Waals surface area contributed by atoms with Crippen LogP contribution in [0.3, 0.4) is 0 Å². The molecule has 6 heteroatoms. The number of rotatable bonds is 2. The van der Waals surface area contributed by atoms with Gasteiger partial charge in [-0.05, 0) is 12.2 Å². The van der Waals surface area contributed by atoms with Crippen molar-refractivity contribution in [1.82, 2.24) is 0 Å². The van der Waals surface area contributed by atoms with Crippen LogP contribution in [0.4, 0.5) is 0 Å². The number of carbonyl (C=O) groups is 1. The third kappa shape index (κ3) is 2.02. The van der Waals surface area contributed by atoms with Gasteiger partial charge in [0.1, 0.15) is 11.3 Å². The van der Waals surface area contributed by atoms with Crippen LogP contribution in [-0.2, 0) is 19.8 Å². The molecule has 5 nitrogen and oxygen atoms in total. The van der Waals surface area contributed by atoms with Crippen LogP contribution in [-0.4, -0.2) is 31.5 Å². The molecule has 0 aromatic carbocycles. The van der Waals surface area contributed by atoms with Crippen molar-refractivity contribution in [3.05, 3.63) is 23.5 Å². The topological polar surface area (TPSA) is 80.7 Å². The van der Waals surface area contributed by atoms with Crippen molar-refractivity contribution in [2.75, 3.05) is 7.11 Å². The average molecular weight is 216 g/mol. The minimum atomic E-state index is -2.38. The van der Waals surface area contributed by atoms with E-state index in [1.54, 1.807) is 0 Å². The summed E-state index contributed by atoms with van der Waals surface area (Å²) >= 11 is 0. The molecule has 1 aliphatic carbocycles. The zero-order valence-electron chi connectivity index (χ0n) is 7.35. The fourth-order valence-electron chi connectivity index (χ4n) is 1.07. The van der Waals surface area contributed by atoms with Crippen LogP contribution in [0.25, 0.3) is 0 Å². The Morgan fingerprint density at radius 3 is 2.64 bits per heavy atom. The monoisotopic (exact) mass is 216 g/mol. The van der Waals surface area contributed by atoms with Crippen LogP contribution in [0.1, 0.15) is 6.42 Å². The maximum atomic E-state index is 10.7. The fraction of sp³-hybridized carbons (Fsp3) is 0.250. The van der Waals surface area contributed by atoms with Crippen molar-refractivity contribution >= 4 is 21.1 Å². The zero-order valence-corrected chi connectivity index (χ0v) is 8.17. The minimum absolute atomic E-state index is 0.0446. The van der Waals surface area contributed by atoms with Crippen LogP contribution < -0.4 is 0 Å². The van der Waals surface area contributed by atoms with E-state index in [0.29, 0.717) is 0 Å². The fourth-order valence-corrected chi connectivity index (χ4v) is 1.50. The molecule has 0 radical (unpaired) electrons. The van der Waals surface area contributed by atoms with Crippen molar-refractivity contribution in [2.24, 2.45) is 0 Å². The molecule has 1 N–H and O–H groups in total. The predicted octanol–water partition coefficient (Wildman–Crippen LogP) is -0.0171. The van der Waals surface area contributed by atoms with E-state index in [0.717, 1.165) is 6.08 Å². The zero-order chi connectivity index (χ0) is 10.7. The second kappa shape index (κ2) is 4.10. The lowest BCUT2D eigenvalue weighted by atomic mass is 10.1. The largest absolute Gasteiger partial charge is 0.496 e. The summed E-state index contributed by atoms with van der Waals surface area (Å²) in [5, 5.41) is 8.74. The Kier molecular flexibility index (Phi) is 3.08. The Labute approximate surface area is 81.8 Å². The number of carboxylic acids is 1. The summed E-state index contributed by atoms with van der Waals surface area (Å²) in [5.74, 6) is -1.02. The van der Waals surface area contributed by atoms with E-state index in [-0.39, 0.29) is 22.6 Å². The standard InChI is InChI=1S/C8H8O5S/c1-13-7-3-2-5(14(11)12)4-6(7)8(9)10/h3-4H,2H2,1H3,(H,9,10). The van der Waals surface area contributed by atoms with Crippen LogP contribution >= 0.6 is 0 Å². The molecular formula is C8H8O5S. The van der Waals surface area contributed by atoms with Crippen molar-refractivity contribution in [2.45, 2.75) is 6.42 Å². The van der Waals surface area contributed by atoms with Crippen LogP contribution in [0.15, 0.2) is 23.5 Å². The summed E-state index contributed by atoms with van der Waals surface area (Å²) in [6, 6.07) is 0. The highest BCUT2D eigenvalue weighted by atomic mass is 32.2. The molecule has 0 heterocycles. The third-order valence-electron chi connectivity index (χ3n) is 1.72. The van der Waals surface area contributed by atoms with Crippen LogP contribution in [0, 0.1) is 0 Å². The Morgan fingerprint density at radius 2 is 2.21 bits per heavy atom. The third-order valence-corrected chi connectivity index (χ3v) is 2.44. The number of hydrogen-bond donors (Lipinski definition) is 1. The maximum Gasteiger partial charge on any atom is 0.339 e. The van der Waals surface area contributed by atoms with Gasteiger partial charge in [-0.2, -0.15) is 8.42 Å². The van der Waals surface area contributed by atoms with Crippen molar-refractivity contribution < 1.29 is 23.1 Å². The van der Waals surface area contributed by atoms with E-state index in [4.69, 9.17) is 9.84 Å². The second-order valence-electron chi connectivity index (χ2n) is 2.54. The first-order valence-corrected chi connectivity index (χ1v) is 4.78. The first-order chi connectivity index (χ1) is 6.56. The normalized spacial score (nSPS) is 15.6. The van der Waals surface area contributed by atoms with Gasteiger partial charge in [0, 0.05) is 6.42 Å². The Balaban J connectivity index is 3.23. The summed E-state index contributed by atoms with van der Waals surface area (Å²) in [7, 11) is -1.04. The Morgan fingerprint density at radius 1 is 1.57 bits per heavy atom. The van der Waals surface area contributed by atoms with E-state index in [1.807, 2.05) is 0 Å². The molecule has 0 bridgehead atoms. The van der Waals surface area contributed by atoms with Gasteiger partial charge in [-0.3, -0.25) is 0 Å². The number of methoxy groups -OCH3 is 1. The van der Waals surface area contributed by atoms with Crippen LogP contribution in [0.5, 0.6) is 0 Å². The van der Waals surface area contributed by atoms with Gasteiger partial charge >= 0.3 is 5.97 Å². The number of carboxylic acid groups (broad SMARTS) is 1. The van der Waals surface area contributed by atoms with Crippen LogP contribution in [0.2, 0.25) is 0 Å². The molecule has 0 amide bonds. The molecule has 0 atom stereocenters. The molecular weight excluding hydrogens is 208 g/mol. The number of hydrogen-bond acceptors (Lipinski definition) is 4. The first kappa shape index (κ1) is 10.5. The molecule has 0 saturated carbocycles. The summed E-state index contributed by atoms with van der Waals surface area (Å²) in [5.41, 5.74) is -0.141. The molecule has 0 saturated heterocycles. The van der Waals surface area contributed by atoms with Crippen molar-refractivity contribution in [3.8, 4) is 0 Å². The molecule has 0 aliphatic heterocycles. The lowest BCUT2D eigenvalue weighted by molar-refractivity contribution is -0.132. The molecule has 1 rings (SSSR count). The highest BCUT2D eigenvalue weighted by Gasteiger charge is 2.19. The summed E-state index contributed by atoms with van der Waals surface area (Å²) in [4.78, 5) is 10.7. The average Bonchev–Trinajstić information content (AvgIpc) is 2.16. The summed E-state index contributed by atoms with van der Waals surface area (Å²) < 4.78 is 25.9. The summed E-state index contributed by atoms with van der Waals surface area (Å²) in [6.07, 6.45) is 2.69. The predicted molar refractivity (Wildman–Crippen MR) is 49.4 cm³/mol. The summed E-state index contributed by atoms with van der Waals surface area (Å²) in [6.45, 7) is 0. The Bertz CT molecular complexity index is 444. The molecule has 1 aliphatic rings. The van der Waals surface area contributed by atoms with Gasteiger partial charge in [0.05, 0.1) is 12.0 Å². The van der Waals surface area contributed by atoms with E-state index in [9.17, 15) is 13.2 Å². The van der Waals surface area contributed by atoms with Gasteiger partial charge in [0.2, 0.25) is 10.3 Å². The van der Waals surface area contributed by atoms with E-state index >= 15 is 0 Å². The lowest BCUT2D eigenvalue weighted by Gasteiger charge is -2.10. The van der Waals surface area contributed by atoms with Gasteiger partial charge in [-0.1, -0.05) is 0 Å². The van der Waals surface area contributed by atoms with E-state index < -0.39 is 16.3 Å². The van der Waals surface area contributed by atoms with E-state index in [2.05, 4.69) is 0 Å². The van der Waals surface area contributed by atoms with Gasteiger partial charge in [0.15, 0.2) is 0 Å². The lowest BCUT2D eigenvalue weighted by Crippen LogP contribution is -2.12. The first-order valence-electron chi connectivity index (χ1n) is 3.71. The number of allylic oxidation sites excluding steroid dienone is 2. The highest BCUT2D eigenvalue weighted by molar-refractivity contribution is 7.73. The SMILES string of the molecule is COC1=CCC(=S(=O)=O)C=C1C(=O)O. The number of aliphatic carboxylic acids is 1. The quantitative estimate of drug-likeness (QED) is 0.656. The van der Waals surface area contributed by atoms with E-state index in [1.165, 1.54) is 13.2 Å². The molecule has 0 aromatic heterocycles. The molecule has 0 spiro atoms. The highest BCUT2D eigenvalue weighted by Crippen LogP contribution is 2.17. The maximum absolute atomic E-state index is 10.7.